The molecule has 0 bridgehead atoms. The second-order valence-electron chi connectivity index (χ2n) is 5.91. The number of hydrogen-bond acceptors (Lipinski definition) is 2. The van der Waals surface area contributed by atoms with Crippen LogP contribution in [0.2, 0.25) is 0 Å². The standard InChI is InChI=1S/C21H31NO/c1-6-8-9-10-11-13-17(3)18(4)22-21(7-2)19-14-12-15-20(16-19)23-5/h7,10-12,14-17H,6,8-9,13H2,1-5H3/b11-10-,21-7-,22-18+. The van der Waals surface area contributed by atoms with E-state index in [0.29, 0.717) is 5.92 Å². The van der Waals surface area contributed by atoms with Gasteiger partial charge in [0.2, 0.25) is 0 Å². The van der Waals surface area contributed by atoms with Gasteiger partial charge < -0.3 is 4.74 Å². The van der Waals surface area contributed by atoms with Crippen molar-refractivity contribution < 1.29 is 4.74 Å². The largest absolute Gasteiger partial charge is 0.497 e. The molecule has 0 saturated heterocycles. The van der Waals surface area contributed by atoms with E-state index in [0.717, 1.165) is 23.4 Å². The van der Waals surface area contributed by atoms with Gasteiger partial charge in [-0.1, -0.05) is 57.0 Å². The van der Waals surface area contributed by atoms with Crippen molar-refractivity contribution in [2.45, 2.75) is 53.4 Å². The predicted molar refractivity (Wildman–Crippen MR) is 102 cm³/mol. The molecule has 0 heterocycles. The molecular formula is C21H31NO. The normalized spacial score (nSPS) is 14.3. The van der Waals surface area contributed by atoms with Gasteiger partial charge >= 0.3 is 0 Å². The molecule has 0 aliphatic carbocycles. The fourth-order valence-corrected chi connectivity index (χ4v) is 2.29. The van der Waals surface area contributed by atoms with Crippen molar-refractivity contribution in [2.75, 3.05) is 7.11 Å². The van der Waals surface area contributed by atoms with Gasteiger partial charge in [-0.25, -0.2) is 0 Å². The van der Waals surface area contributed by atoms with Crippen molar-refractivity contribution in [1.82, 2.24) is 0 Å². The first-order valence-electron chi connectivity index (χ1n) is 8.63. The highest BCUT2D eigenvalue weighted by Gasteiger charge is 2.07. The van der Waals surface area contributed by atoms with Gasteiger partial charge in [0, 0.05) is 11.3 Å². The molecule has 0 saturated carbocycles. The van der Waals surface area contributed by atoms with E-state index < -0.39 is 0 Å². The smallest absolute Gasteiger partial charge is 0.119 e. The van der Waals surface area contributed by atoms with Crippen LogP contribution in [0.1, 0.15) is 58.9 Å². The Labute approximate surface area is 142 Å². The van der Waals surface area contributed by atoms with Crippen LogP contribution in [0.25, 0.3) is 5.70 Å². The van der Waals surface area contributed by atoms with Crippen molar-refractivity contribution in [3.05, 3.63) is 48.1 Å². The summed E-state index contributed by atoms with van der Waals surface area (Å²) in [4.78, 5) is 4.84. The fourth-order valence-electron chi connectivity index (χ4n) is 2.29. The van der Waals surface area contributed by atoms with Crippen molar-refractivity contribution in [1.29, 1.82) is 0 Å². The van der Waals surface area contributed by atoms with Gasteiger partial charge in [0.05, 0.1) is 12.8 Å². The highest BCUT2D eigenvalue weighted by atomic mass is 16.5. The maximum Gasteiger partial charge on any atom is 0.119 e. The summed E-state index contributed by atoms with van der Waals surface area (Å²) in [5.74, 6) is 1.31. The zero-order chi connectivity index (χ0) is 17.1. The van der Waals surface area contributed by atoms with E-state index in [1.54, 1.807) is 7.11 Å². The topological polar surface area (TPSA) is 21.6 Å². The molecule has 2 nitrogen and oxygen atoms in total. The molecule has 0 amide bonds. The van der Waals surface area contributed by atoms with Crippen LogP contribution < -0.4 is 4.74 Å². The third-order valence-corrected chi connectivity index (χ3v) is 4.03. The molecule has 2 heteroatoms. The average Bonchev–Trinajstić information content (AvgIpc) is 2.59. The molecule has 0 radical (unpaired) electrons. The minimum atomic E-state index is 0.452. The summed E-state index contributed by atoms with van der Waals surface area (Å²) in [6.45, 7) is 8.61. The first-order valence-corrected chi connectivity index (χ1v) is 8.63. The van der Waals surface area contributed by atoms with Crippen LogP contribution in [-0.2, 0) is 0 Å². The van der Waals surface area contributed by atoms with Crippen molar-refractivity contribution in [3.8, 4) is 5.75 Å². The number of allylic oxidation sites excluding steroid dienone is 3. The Morgan fingerprint density at radius 1 is 1.30 bits per heavy atom. The molecule has 1 rings (SSSR count). The van der Waals surface area contributed by atoms with Crippen LogP contribution in [0.5, 0.6) is 5.75 Å². The van der Waals surface area contributed by atoms with Gasteiger partial charge in [-0.3, -0.25) is 4.99 Å². The summed E-state index contributed by atoms with van der Waals surface area (Å²) in [6.07, 6.45) is 11.4. The van der Waals surface area contributed by atoms with Crippen molar-refractivity contribution in [2.24, 2.45) is 10.9 Å². The fraction of sp³-hybridized carbons (Fsp3) is 0.476. The number of ether oxygens (including phenoxy) is 1. The summed E-state index contributed by atoms with van der Waals surface area (Å²) in [5.41, 5.74) is 3.26. The van der Waals surface area contributed by atoms with Crippen LogP contribution in [0.15, 0.2) is 47.5 Å². The number of aliphatic imine (C=N–C) groups is 1. The van der Waals surface area contributed by atoms with Gasteiger partial charge in [0.1, 0.15) is 5.75 Å². The molecule has 0 N–H and O–H groups in total. The molecular weight excluding hydrogens is 282 g/mol. The number of benzene rings is 1. The van der Waals surface area contributed by atoms with E-state index in [2.05, 4.69) is 45.1 Å². The molecule has 1 unspecified atom stereocenters. The van der Waals surface area contributed by atoms with Crippen LogP contribution in [-0.4, -0.2) is 12.8 Å². The third kappa shape index (κ3) is 6.85. The Morgan fingerprint density at radius 2 is 2.09 bits per heavy atom. The minimum absolute atomic E-state index is 0.452. The van der Waals surface area contributed by atoms with Crippen LogP contribution in [0, 0.1) is 5.92 Å². The summed E-state index contributed by atoms with van der Waals surface area (Å²) in [7, 11) is 1.69. The van der Waals surface area contributed by atoms with E-state index in [-0.39, 0.29) is 0 Å². The third-order valence-electron chi connectivity index (χ3n) is 4.03. The number of rotatable bonds is 9. The molecule has 0 spiro atoms. The maximum absolute atomic E-state index is 5.30. The summed E-state index contributed by atoms with van der Waals surface area (Å²) in [6, 6.07) is 8.06. The lowest BCUT2D eigenvalue weighted by Crippen LogP contribution is -2.06. The maximum atomic E-state index is 5.30. The molecule has 23 heavy (non-hydrogen) atoms. The summed E-state index contributed by atoms with van der Waals surface area (Å²) >= 11 is 0. The van der Waals surface area contributed by atoms with E-state index in [9.17, 15) is 0 Å². The molecule has 0 aliphatic rings. The highest BCUT2D eigenvalue weighted by Crippen LogP contribution is 2.22. The van der Waals surface area contributed by atoms with Gasteiger partial charge in [0.25, 0.3) is 0 Å². The van der Waals surface area contributed by atoms with Gasteiger partial charge in [-0.15, -0.1) is 0 Å². The SMILES string of the molecule is C/C=C(\N=C(/C)C(C)C/C=C\CCCC)c1cccc(OC)c1. The lowest BCUT2D eigenvalue weighted by Gasteiger charge is -2.11. The summed E-state index contributed by atoms with van der Waals surface area (Å²) < 4.78 is 5.30. The second-order valence-corrected chi connectivity index (χ2v) is 5.91. The number of methoxy groups -OCH3 is 1. The first-order chi connectivity index (χ1) is 11.1. The highest BCUT2D eigenvalue weighted by molar-refractivity contribution is 5.89. The molecule has 126 valence electrons. The van der Waals surface area contributed by atoms with Crippen LogP contribution in [0.4, 0.5) is 0 Å². The van der Waals surface area contributed by atoms with E-state index in [4.69, 9.17) is 9.73 Å². The minimum Gasteiger partial charge on any atom is -0.497 e. The molecule has 0 aliphatic heterocycles. The Balaban J connectivity index is 2.74. The molecule has 1 aromatic rings. The first kappa shape index (κ1) is 19.2. The molecule has 0 aromatic heterocycles. The second kappa shape index (κ2) is 10.8. The lowest BCUT2D eigenvalue weighted by molar-refractivity contribution is 0.414. The van der Waals surface area contributed by atoms with Crippen molar-refractivity contribution in [3.63, 3.8) is 0 Å². The predicted octanol–water partition coefficient (Wildman–Crippen LogP) is 6.29. The Kier molecular flexibility index (Phi) is 9.04. The number of unbranched alkanes of at least 4 members (excludes halogenated alkanes) is 2. The molecule has 0 fully saturated rings. The monoisotopic (exact) mass is 313 g/mol. The van der Waals surface area contributed by atoms with E-state index in [1.807, 2.05) is 25.1 Å². The van der Waals surface area contributed by atoms with E-state index >= 15 is 0 Å². The van der Waals surface area contributed by atoms with Gasteiger partial charge in [-0.2, -0.15) is 0 Å². The van der Waals surface area contributed by atoms with E-state index in [1.165, 1.54) is 25.0 Å². The molecule has 1 atom stereocenters. The lowest BCUT2D eigenvalue weighted by atomic mass is 10.0. The van der Waals surface area contributed by atoms with Crippen molar-refractivity contribution >= 4 is 11.4 Å². The zero-order valence-electron chi connectivity index (χ0n) is 15.3. The Morgan fingerprint density at radius 3 is 2.74 bits per heavy atom. The van der Waals surface area contributed by atoms with Gasteiger partial charge in [-0.05, 0) is 44.7 Å². The van der Waals surface area contributed by atoms with Crippen LogP contribution >= 0.6 is 0 Å². The van der Waals surface area contributed by atoms with Gasteiger partial charge in [0.15, 0.2) is 0 Å². The Bertz CT molecular complexity index is 555. The molecule has 1 aromatic carbocycles. The number of hydrogen-bond donors (Lipinski definition) is 0. The Hall–Kier alpha value is -1.83. The average molecular weight is 313 g/mol. The quantitative estimate of drug-likeness (QED) is 0.298. The van der Waals surface area contributed by atoms with Crippen LogP contribution in [0.3, 0.4) is 0 Å². The summed E-state index contributed by atoms with van der Waals surface area (Å²) in [5, 5.41) is 0. The zero-order valence-corrected chi connectivity index (χ0v) is 15.3. The number of nitrogens with zero attached hydrogens (tertiary/aromatic N) is 1.